The minimum Gasteiger partial charge on any atom is -0.469 e. The van der Waals surface area contributed by atoms with Gasteiger partial charge >= 0.3 is 11.9 Å². The van der Waals surface area contributed by atoms with Crippen molar-refractivity contribution in [3.63, 3.8) is 0 Å². The molecule has 4 unspecified atom stereocenters. The quantitative estimate of drug-likeness (QED) is 0.478. The van der Waals surface area contributed by atoms with Gasteiger partial charge in [-0.05, 0) is 12.8 Å². The lowest BCUT2D eigenvalue weighted by Crippen LogP contribution is -2.26. The SMILES string of the molecule is CCC(C(=O)OC)C(C)SSC(C)C(CC)C(=O)OC. The Morgan fingerprint density at radius 3 is 1.35 bits per heavy atom. The van der Waals surface area contributed by atoms with Gasteiger partial charge in [0.05, 0.1) is 26.1 Å². The minimum absolute atomic E-state index is 0.108. The van der Waals surface area contributed by atoms with Crippen molar-refractivity contribution in [2.45, 2.75) is 51.0 Å². The molecule has 0 aliphatic carbocycles. The molecular weight excluding hydrogens is 296 g/mol. The number of carbonyl (C=O) groups excluding carboxylic acids is 2. The molecule has 0 saturated carbocycles. The van der Waals surface area contributed by atoms with E-state index < -0.39 is 0 Å². The van der Waals surface area contributed by atoms with Crippen LogP contribution in [0, 0.1) is 11.8 Å². The highest BCUT2D eigenvalue weighted by Gasteiger charge is 2.29. The molecule has 0 aromatic rings. The van der Waals surface area contributed by atoms with Crippen LogP contribution in [0.15, 0.2) is 0 Å². The molecule has 0 saturated heterocycles. The lowest BCUT2D eigenvalue weighted by molar-refractivity contribution is -0.146. The first kappa shape index (κ1) is 19.6. The summed E-state index contributed by atoms with van der Waals surface area (Å²) in [7, 11) is 6.12. The van der Waals surface area contributed by atoms with E-state index >= 15 is 0 Å². The highest BCUT2D eigenvalue weighted by atomic mass is 33.1. The smallest absolute Gasteiger partial charge is 0.309 e. The molecule has 0 radical (unpaired) electrons. The molecule has 0 amide bonds. The fraction of sp³-hybridized carbons (Fsp3) is 0.857. The van der Waals surface area contributed by atoms with Crippen molar-refractivity contribution in [2.24, 2.45) is 11.8 Å². The molecule has 118 valence electrons. The maximum absolute atomic E-state index is 11.7. The van der Waals surface area contributed by atoms with Gasteiger partial charge in [-0.1, -0.05) is 49.3 Å². The van der Waals surface area contributed by atoms with E-state index in [4.69, 9.17) is 9.47 Å². The molecule has 0 spiro atoms. The first-order valence-corrected chi connectivity index (χ1v) is 9.18. The van der Waals surface area contributed by atoms with Crippen LogP contribution in [0.3, 0.4) is 0 Å². The molecule has 6 heteroatoms. The van der Waals surface area contributed by atoms with E-state index in [1.165, 1.54) is 14.2 Å². The summed E-state index contributed by atoms with van der Waals surface area (Å²) in [6, 6.07) is 0. The molecule has 0 bridgehead atoms. The van der Waals surface area contributed by atoms with E-state index in [0.717, 1.165) is 12.8 Å². The number of methoxy groups -OCH3 is 2. The van der Waals surface area contributed by atoms with E-state index in [1.807, 2.05) is 27.7 Å². The highest BCUT2D eigenvalue weighted by molar-refractivity contribution is 8.77. The van der Waals surface area contributed by atoms with Crippen LogP contribution in [0.25, 0.3) is 0 Å². The van der Waals surface area contributed by atoms with Crippen LogP contribution in [-0.2, 0) is 19.1 Å². The molecule has 0 aromatic heterocycles. The number of hydrogen-bond acceptors (Lipinski definition) is 6. The normalized spacial score (nSPS) is 16.9. The Balaban J connectivity index is 4.44. The van der Waals surface area contributed by atoms with E-state index in [9.17, 15) is 9.59 Å². The number of ether oxygens (including phenoxy) is 2. The number of esters is 2. The largest absolute Gasteiger partial charge is 0.469 e. The van der Waals surface area contributed by atoms with Crippen LogP contribution >= 0.6 is 21.6 Å². The van der Waals surface area contributed by atoms with Crippen LogP contribution in [-0.4, -0.2) is 36.7 Å². The van der Waals surface area contributed by atoms with Crippen molar-refractivity contribution in [2.75, 3.05) is 14.2 Å². The van der Waals surface area contributed by atoms with Gasteiger partial charge in [0.15, 0.2) is 0 Å². The van der Waals surface area contributed by atoms with Gasteiger partial charge in [0.2, 0.25) is 0 Å². The topological polar surface area (TPSA) is 52.6 Å². The zero-order chi connectivity index (χ0) is 15.7. The Morgan fingerprint density at radius 2 is 1.15 bits per heavy atom. The zero-order valence-corrected chi connectivity index (χ0v) is 14.8. The average molecular weight is 322 g/mol. The van der Waals surface area contributed by atoms with Crippen LogP contribution < -0.4 is 0 Å². The third-order valence-electron chi connectivity index (χ3n) is 3.38. The predicted octanol–water partition coefficient (Wildman–Crippen LogP) is 3.54. The molecule has 0 N–H and O–H groups in total. The summed E-state index contributed by atoms with van der Waals surface area (Å²) in [5.41, 5.74) is 0. The van der Waals surface area contributed by atoms with Gasteiger partial charge < -0.3 is 9.47 Å². The summed E-state index contributed by atoms with van der Waals surface area (Å²) in [6.07, 6.45) is 1.51. The fourth-order valence-electron chi connectivity index (χ4n) is 1.99. The first-order chi connectivity index (χ1) is 9.42. The third-order valence-corrected chi connectivity index (χ3v) is 6.91. The Labute approximate surface area is 130 Å². The number of carbonyl (C=O) groups is 2. The second-order valence-electron chi connectivity index (χ2n) is 4.68. The van der Waals surface area contributed by atoms with Crippen molar-refractivity contribution in [1.29, 1.82) is 0 Å². The molecule has 0 fully saturated rings. The summed E-state index contributed by atoms with van der Waals surface area (Å²) in [6.45, 7) is 8.01. The maximum Gasteiger partial charge on any atom is 0.309 e. The summed E-state index contributed by atoms with van der Waals surface area (Å²) in [4.78, 5) is 23.3. The van der Waals surface area contributed by atoms with Crippen molar-refractivity contribution in [1.82, 2.24) is 0 Å². The highest BCUT2D eigenvalue weighted by Crippen LogP contribution is 2.39. The molecule has 4 nitrogen and oxygen atoms in total. The van der Waals surface area contributed by atoms with E-state index in [0.29, 0.717) is 0 Å². The number of rotatable bonds is 9. The van der Waals surface area contributed by atoms with Crippen LogP contribution in [0.5, 0.6) is 0 Å². The molecule has 20 heavy (non-hydrogen) atoms. The minimum atomic E-state index is -0.166. The monoisotopic (exact) mass is 322 g/mol. The predicted molar refractivity (Wildman–Crippen MR) is 85.7 cm³/mol. The molecule has 0 aromatic carbocycles. The molecule has 0 rings (SSSR count). The van der Waals surface area contributed by atoms with Gasteiger partial charge in [0, 0.05) is 10.5 Å². The summed E-state index contributed by atoms with van der Waals surface area (Å²) < 4.78 is 9.64. The molecule has 0 aliphatic rings. The molecule has 0 heterocycles. The standard InChI is InChI=1S/C14H26O4S2/c1-7-11(13(15)17-5)9(3)19-20-10(4)12(8-2)14(16)18-6/h9-12H,7-8H2,1-6H3. The Kier molecular flexibility index (Phi) is 10.2. The second-order valence-corrected chi connectivity index (χ2v) is 7.71. The third kappa shape index (κ3) is 5.95. The summed E-state index contributed by atoms with van der Waals surface area (Å²) in [5.74, 6) is -0.549. The van der Waals surface area contributed by atoms with Gasteiger partial charge in [0.25, 0.3) is 0 Å². The average Bonchev–Trinajstić information content (AvgIpc) is 2.45. The molecule has 4 atom stereocenters. The number of hydrogen-bond donors (Lipinski definition) is 0. The lowest BCUT2D eigenvalue weighted by Gasteiger charge is -2.23. The van der Waals surface area contributed by atoms with Gasteiger partial charge in [-0.2, -0.15) is 0 Å². The van der Waals surface area contributed by atoms with E-state index in [-0.39, 0.29) is 34.3 Å². The van der Waals surface area contributed by atoms with Gasteiger partial charge in [-0.3, -0.25) is 9.59 Å². The summed E-state index contributed by atoms with van der Waals surface area (Å²) >= 11 is 0. The van der Waals surface area contributed by atoms with Crippen molar-refractivity contribution in [3.05, 3.63) is 0 Å². The van der Waals surface area contributed by atoms with E-state index in [1.54, 1.807) is 21.6 Å². The Morgan fingerprint density at radius 1 is 0.850 bits per heavy atom. The van der Waals surface area contributed by atoms with E-state index in [2.05, 4.69) is 0 Å². The van der Waals surface area contributed by atoms with Crippen molar-refractivity contribution < 1.29 is 19.1 Å². The fourth-order valence-corrected chi connectivity index (χ4v) is 5.07. The maximum atomic E-state index is 11.7. The van der Waals surface area contributed by atoms with Crippen LogP contribution in [0.1, 0.15) is 40.5 Å². The lowest BCUT2D eigenvalue weighted by atomic mass is 10.0. The van der Waals surface area contributed by atoms with Crippen molar-refractivity contribution >= 4 is 33.5 Å². The summed E-state index contributed by atoms with van der Waals surface area (Å²) in [5, 5.41) is 0.296. The first-order valence-electron chi connectivity index (χ1n) is 6.90. The van der Waals surface area contributed by atoms with Crippen molar-refractivity contribution in [3.8, 4) is 0 Å². The zero-order valence-electron chi connectivity index (χ0n) is 13.2. The Bertz CT molecular complexity index is 280. The Hall–Kier alpha value is -0.360. The van der Waals surface area contributed by atoms with Crippen LogP contribution in [0.4, 0.5) is 0 Å². The molecule has 0 aliphatic heterocycles. The van der Waals surface area contributed by atoms with Crippen LogP contribution in [0.2, 0.25) is 0 Å². The van der Waals surface area contributed by atoms with Gasteiger partial charge in [0.1, 0.15) is 0 Å². The molecular formula is C14H26O4S2. The van der Waals surface area contributed by atoms with Gasteiger partial charge in [-0.25, -0.2) is 0 Å². The van der Waals surface area contributed by atoms with Gasteiger partial charge in [-0.15, -0.1) is 0 Å². The second kappa shape index (κ2) is 10.4.